The Morgan fingerprint density at radius 2 is 1.17 bits per heavy atom. The third-order valence-electron chi connectivity index (χ3n) is 9.98. The quantitative estimate of drug-likeness (QED) is 0.183. The van der Waals surface area contributed by atoms with Gasteiger partial charge >= 0.3 is 0 Å². The first-order valence-electron chi connectivity index (χ1n) is 16.5. The van der Waals surface area contributed by atoms with Gasteiger partial charge in [-0.05, 0) is 96.2 Å². The Morgan fingerprint density at radius 3 is 1.91 bits per heavy atom. The highest BCUT2D eigenvalue weighted by Crippen LogP contribution is 2.47. The van der Waals surface area contributed by atoms with Crippen LogP contribution in [0.4, 0.5) is 0 Å². The summed E-state index contributed by atoms with van der Waals surface area (Å²) in [6.07, 6.45) is 9.67. The normalized spacial score (nSPS) is 14.1. The number of hydrogen-bond donors (Lipinski definition) is 0. The summed E-state index contributed by atoms with van der Waals surface area (Å²) < 4.78 is 0. The fourth-order valence-corrected chi connectivity index (χ4v) is 7.87. The molecule has 0 aliphatic heterocycles. The third kappa shape index (κ3) is 4.58. The van der Waals surface area contributed by atoms with Gasteiger partial charge in [-0.1, -0.05) is 151 Å². The predicted molar refractivity (Wildman–Crippen MR) is 200 cm³/mol. The molecule has 0 bridgehead atoms. The van der Waals surface area contributed by atoms with Crippen LogP contribution in [-0.2, 0) is 6.42 Å². The van der Waals surface area contributed by atoms with Crippen LogP contribution in [0.5, 0.6) is 0 Å². The minimum atomic E-state index is 0.302. The Labute approximate surface area is 275 Å². The summed E-state index contributed by atoms with van der Waals surface area (Å²) >= 11 is 0. The van der Waals surface area contributed by atoms with Crippen LogP contribution in [0.1, 0.15) is 28.2 Å². The largest absolute Gasteiger partial charge is 0.264 e. The number of aromatic nitrogens is 1. The average Bonchev–Trinajstić information content (AvgIpc) is 3.13. The van der Waals surface area contributed by atoms with Gasteiger partial charge in [-0.25, -0.2) is 0 Å². The van der Waals surface area contributed by atoms with Crippen LogP contribution in [0.25, 0.3) is 71.8 Å². The van der Waals surface area contributed by atoms with Gasteiger partial charge in [0, 0.05) is 23.9 Å². The van der Waals surface area contributed by atoms with Crippen LogP contribution in [0.15, 0.2) is 158 Å². The Balaban J connectivity index is 1.29. The van der Waals surface area contributed by atoms with Gasteiger partial charge in [-0.15, -0.1) is 0 Å². The lowest BCUT2D eigenvalue weighted by Crippen LogP contribution is -2.08. The average molecular weight is 600 g/mol. The molecule has 8 aromatic rings. The summed E-state index contributed by atoms with van der Waals surface area (Å²) in [6, 6.07) is 51.3. The summed E-state index contributed by atoms with van der Waals surface area (Å²) in [5, 5.41) is 7.77. The minimum absolute atomic E-state index is 0.302. The minimum Gasteiger partial charge on any atom is -0.264 e. The molecule has 0 saturated heterocycles. The van der Waals surface area contributed by atoms with Crippen molar-refractivity contribution in [3.05, 3.63) is 180 Å². The van der Waals surface area contributed by atoms with Crippen molar-refractivity contribution in [3.8, 4) is 33.4 Å². The number of rotatable bonds is 4. The molecule has 0 fully saturated rings. The fraction of sp³-hybridized carbons (Fsp3) is 0.0652. The van der Waals surface area contributed by atoms with E-state index in [1.807, 2.05) is 12.4 Å². The number of pyridine rings is 1. The summed E-state index contributed by atoms with van der Waals surface area (Å²) in [4.78, 5) is 4.52. The van der Waals surface area contributed by atoms with Gasteiger partial charge < -0.3 is 0 Å². The van der Waals surface area contributed by atoms with Crippen molar-refractivity contribution in [2.45, 2.75) is 19.3 Å². The molecule has 222 valence electrons. The first-order valence-corrected chi connectivity index (χ1v) is 16.5. The second-order valence-electron chi connectivity index (χ2n) is 12.7. The van der Waals surface area contributed by atoms with Crippen LogP contribution < -0.4 is 0 Å². The lowest BCUT2D eigenvalue weighted by Gasteiger charge is -2.25. The van der Waals surface area contributed by atoms with Crippen LogP contribution in [-0.4, -0.2) is 4.98 Å². The molecule has 1 aromatic heterocycles. The standard InChI is InChI=1S/C46H33N/c1-30-21-22-33-28-34(24-23-32(33)27-30)45-40-13-5-7-15-42(40)46(43-16-8-6-14-41(43)45)39-20-10-18-35-36(17-9-19-37(35)39)38-25-26-47-29-44(38)31-11-3-2-4-12-31/h2-27,29,34H,28H2,1H3. The molecule has 0 radical (unpaired) electrons. The Hall–Kier alpha value is -5.79. The van der Waals surface area contributed by atoms with Gasteiger partial charge in [0.15, 0.2) is 0 Å². The number of fused-ring (bicyclic) bond motifs is 4. The fourth-order valence-electron chi connectivity index (χ4n) is 7.87. The van der Waals surface area contributed by atoms with Gasteiger partial charge in [0.05, 0.1) is 0 Å². The SMILES string of the molecule is Cc1ccc2c(c1)C=CC(c1c3ccccc3c(-c3cccc4c(-c5ccncc5-c5ccccc5)cccc34)c3ccccc13)C2. The molecule has 47 heavy (non-hydrogen) atoms. The molecule has 1 aliphatic carbocycles. The lowest BCUT2D eigenvalue weighted by atomic mass is 9.78. The van der Waals surface area contributed by atoms with Crippen molar-refractivity contribution in [1.29, 1.82) is 0 Å². The molecule has 9 rings (SSSR count). The molecule has 1 heterocycles. The molecule has 0 amide bonds. The maximum atomic E-state index is 4.52. The van der Waals surface area contributed by atoms with Crippen LogP contribution in [0.3, 0.4) is 0 Å². The highest BCUT2D eigenvalue weighted by molar-refractivity contribution is 6.20. The van der Waals surface area contributed by atoms with Crippen LogP contribution in [0.2, 0.25) is 0 Å². The van der Waals surface area contributed by atoms with Gasteiger partial charge in [0.25, 0.3) is 0 Å². The number of benzene rings is 7. The van der Waals surface area contributed by atoms with E-state index in [0.717, 1.165) is 12.0 Å². The van der Waals surface area contributed by atoms with Crippen molar-refractivity contribution >= 4 is 38.4 Å². The van der Waals surface area contributed by atoms with Crippen molar-refractivity contribution in [3.63, 3.8) is 0 Å². The summed E-state index contributed by atoms with van der Waals surface area (Å²) in [6.45, 7) is 2.18. The third-order valence-corrected chi connectivity index (χ3v) is 9.98. The smallest absolute Gasteiger partial charge is 0.0352 e. The van der Waals surface area contributed by atoms with E-state index >= 15 is 0 Å². The summed E-state index contributed by atoms with van der Waals surface area (Å²) in [5.74, 6) is 0.302. The predicted octanol–water partition coefficient (Wildman–Crippen LogP) is 12.2. The van der Waals surface area contributed by atoms with Crippen LogP contribution >= 0.6 is 0 Å². The first-order chi connectivity index (χ1) is 23.2. The Kier molecular flexibility index (Phi) is 6.57. The molecule has 1 unspecified atom stereocenters. The number of hydrogen-bond acceptors (Lipinski definition) is 1. The van der Waals surface area contributed by atoms with E-state index in [0.29, 0.717) is 5.92 Å². The second-order valence-corrected chi connectivity index (χ2v) is 12.7. The van der Waals surface area contributed by atoms with Crippen molar-refractivity contribution in [1.82, 2.24) is 4.98 Å². The van der Waals surface area contributed by atoms with Crippen molar-refractivity contribution in [2.24, 2.45) is 0 Å². The molecule has 0 saturated carbocycles. The zero-order valence-electron chi connectivity index (χ0n) is 26.3. The van der Waals surface area contributed by atoms with E-state index < -0.39 is 0 Å². The van der Waals surface area contributed by atoms with E-state index in [1.54, 1.807) is 0 Å². The maximum Gasteiger partial charge on any atom is 0.0352 e. The van der Waals surface area contributed by atoms with E-state index in [-0.39, 0.29) is 0 Å². The lowest BCUT2D eigenvalue weighted by molar-refractivity contribution is 0.840. The highest BCUT2D eigenvalue weighted by atomic mass is 14.6. The molecular formula is C46H33N. The highest BCUT2D eigenvalue weighted by Gasteiger charge is 2.24. The zero-order chi connectivity index (χ0) is 31.3. The Bertz CT molecular complexity index is 2450. The van der Waals surface area contributed by atoms with Crippen LogP contribution in [0, 0.1) is 6.92 Å². The van der Waals surface area contributed by atoms with E-state index in [4.69, 9.17) is 0 Å². The molecule has 7 aromatic carbocycles. The Morgan fingerprint density at radius 1 is 0.532 bits per heavy atom. The van der Waals surface area contributed by atoms with Crippen molar-refractivity contribution < 1.29 is 0 Å². The molecule has 1 heteroatoms. The molecule has 0 spiro atoms. The zero-order valence-corrected chi connectivity index (χ0v) is 26.3. The van der Waals surface area contributed by atoms with Gasteiger partial charge in [-0.3, -0.25) is 4.98 Å². The maximum absolute atomic E-state index is 4.52. The van der Waals surface area contributed by atoms with E-state index in [1.165, 1.54) is 82.4 Å². The number of allylic oxidation sites excluding steroid dienone is 1. The molecule has 1 nitrogen and oxygen atoms in total. The molecule has 1 atom stereocenters. The second kappa shape index (κ2) is 11.2. The molecular weight excluding hydrogens is 567 g/mol. The van der Waals surface area contributed by atoms with Gasteiger partial charge in [0.1, 0.15) is 0 Å². The van der Waals surface area contributed by atoms with E-state index in [2.05, 4.69) is 164 Å². The first kappa shape index (κ1) is 27.5. The molecule has 1 aliphatic rings. The topological polar surface area (TPSA) is 12.9 Å². The summed E-state index contributed by atoms with van der Waals surface area (Å²) in [7, 11) is 0. The number of nitrogens with zero attached hydrogens (tertiary/aromatic N) is 1. The van der Waals surface area contributed by atoms with Gasteiger partial charge in [-0.2, -0.15) is 0 Å². The van der Waals surface area contributed by atoms with Crippen molar-refractivity contribution in [2.75, 3.05) is 0 Å². The number of aryl methyl sites for hydroxylation is 1. The van der Waals surface area contributed by atoms with E-state index in [9.17, 15) is 0 Å². The van der Waals surface area contributed by atoms with Gasteiger partial charge in [0.2, 0.25) is 0 Å². The molecule has 0 N–H and O–H groups in total. The monoisotopic (exact) mass is 599 g/mol. The summed E-state index contributed by atoms with van der Waals surface area (Å²) in [5.41, 5.74) is 12.8.